The van der Waals surface area contributed by atoms with Gasteiger partial charge in [0.2, 0.25) is 11.8 Å². The van der Waals surface area contributed by atoms with Crippen molar-refractivity contribution in [2.75, 3.05) is 5.32 Å². The second kappa shape index (κ2) is 9.35. The minimum absolute atomic E-state index is 0.0376. The average molecular weight is 447 g/mol. The van der Waals surface area contributed by atoms with Crippen molar-refractivity contribution >= 4 is 29.3 Å². The Morgan fingerprint density at radius 1 is 1.29 bits per heavy atom. The van der Waals surface area contributed by atoms with E-state index in [2.05, 4.69) is 26.1 Å². The number of hydrogen-bond acceptors (Lipinski definition) is 6. The Bertz CT molecular complexity index is 950. The summed E-state index contributed by atoms with van der Waals surface area (Å²) in [7, 11) is 1.82. The van der Waals surface area contributed by atoms with Gasteiger partial charge in [-0.15, -0.1) is 10.2 Å². The number of carbonyl (C=O) groups is 2. The van der Waals surface area contributed by atoms with Gasteiger partial charge in [0.15, 0.2) is 5.16 Å². The van der Waals surface area contributed by atoms with Crippen LogP contribution in [0, 0.1) is 11.7 Å². The average Bonchev–Trinajstić information content (AvgIpc) is 3.09. The lowest BCUT2D eigenvalue weighted by atomic mass is 9.82. The highest BCUT2D eigenvalue weighted by molar-refractivity contribution is 7.99. The molecular formula is C21H27FN6O2S. The molecule has 0 spiro atoms. The molecule has 2 amide bonds. The smallest absolute Gasteiger partial charge is 0.232 e. The van der Waals surface area contributed by atoms with Crippen molar-refractivity contribution in [1.29, 1.82) is 0 Å². The van der Waals surface area contributed by atoms with Crippen LogP contribution in [0.1, 0.15) is 38.4 Å². The van der Waals surface area contributed by atoms with Crippen molar-refractivity contribution in [3.63, 3.8) is 0 Å². The molecule has 0 radical (unpaired) electrons. The molecular weight excluding hydrogens is 419 g/mol. The predicted octanol–water partition coefficient (Wildman–Crippen LogP) is 2.22. The van der Waals surface area contributed by atoms with Crippen LogP contribution in [0.15, 0.2) is 29.4 Å². The Balaban J connectivity index is 1.35. The number of carbonyl (C=O) groups excluding carboxylic acids is 2. The minimum Gasteiger partial charge on any atom is -0.339 e. The molecule has 2 heterocycles. The van der Waals surface area contributed by atoms with Gasteiger partial charge in [-0.05, 0) is 44.0 Å². The number of benzene rings is 1. The number of anilines is 1. The summed E-state index contributed by atoms with van der Waals surface area (Å²) >= 11 is 1.51. The first-order valence-electron chi connectivity index (χ1n) is 10.6. The number of fused-ring (bicyclic) bond motifs is 1. The molecule has 1 saturated heterocycles. The fraction of sp³-hybridized carbons (Fsp3) is 0.524. The molecule has 8 nitrogen and oxygen atoms in total. The number of thioether (sulfide) groups is 1. The van der Waals surface area contributed by atoms with E-state index in [9.17, 15) is 14.0 Å². The largest absolute Gasteiger partial charge is 0.339 e. The maximum Gasteiger partial charge on any atom is 0.232 e. The quantitative estimate of drug-likeness (QED) is 0.589. The molecule has 1 aliphatic carbocycles. The van der Waals surface area contributed by atoms with E-state index in [1.807, 2.05) is 14.0 Å². The molecule has 31 heavy (non-hydrogen) atoms. The summed E-state index contributed by atoms with van der Waals surface area (Å²) in [6.07, 6.45) is 4.16. The van der Waals surface area contributed by atoms with Gasteiger partial charge in [-0.25, -0.2) is 4.39 Å². The number of nitrogens with zero attached hydrogens (tertiary/aromatic N) is 3. The maximum atomic E-state index is 13.0. The molecule has 1 aromatic carbocycles. The van der Waals surface area contributed by atoms with Crippen LogP contribution in [0.3, 0.4) is 0 Å². The van der Waals surface area contributed by atoms with E-state index in [4.69, 9.17) is 0 Å². The Morgan fingerprint density at radius 3 is 2.81 bits per heavy atom. The second-order valence-electron chi connectivity index (χ2n) is 8.16. The van der Waals surface area contributed by atoms with Crippen molar-refractivity contribution in [2.24, 2.45) is 13.0 Å². The first-order chi connectivity index (χ1) is 14.9. The summed E-state index contributed by atoms with van der Waals surface area (Å²) < 4.78 is 14.8. The summed E-state index contributed by atoms with van der Waals surface area (Å²) in [6.45, 7) is 2.04. The van der Waals surface area contributed by atoms with Gasteiger partial charge in [0, 0.05) is 24.0 Å². The Morgan fingerprint density at radius 2 is 2.03 bits per heavy atom. The number of nitrogens with one attached hydrogen (secondary N) is 3. The van der Waals surface area contributed by atoms with E-state index < -0.39 is 0 Å². The maximum absolute atomic E-state index is 13.0. The van der Waals surface area contributed by atoms with Crippen LogP contribution < -0.4 is 16.0 Å². The van der Waals surface area contributed by atoms with E-state index in [0.29, 0.717) is 16.7 Å². The number of halogens is 1. The third kappa shape index (κ3) is 5.07. The fourth-order valence-corrected chi connectivity index (χ4v) is 5.11. The lowest BCUT2D eigenvalue weighted by molar-refractivity contribution is -0.130. The van der Waals surface area contributed by atoms with Crippen molar-refractivity contribution in [3.05, 3.63) is 35.9 Å². The highest BCUT2D eigenvalue weighted by Crippen LogP contribution is 2.30. The van der Waals surface area contributed by atoms with Crippen molar-refractivity contribution < 1.29 is 14.0 Å². The molecule has 2 aromatic rings. The van der Waals surface area contributed by atoms with Crippen molar-refractivity contribution in [1.82, 2.24) is 25.4 Å². The molecule has 4 atom stereocenters. The number of hydrogen-bond donors (Lipinski definition) is 3. The molecule has 2 fully saturated rings. The zero-order valence-electron chi connectivity index (χ0n) is 17.6. The highest BCUT2D eigenvalue weighted by Gasteiger charge is 2.39. The summed E-state index contributed by atoms with van der Waals surface area (Å²) in [6, 6.07) is 5.84. The molecule has 1 saturated carbocycles. The molecule has 2 aliphatic rings. The van der Waals surface area contributed by atoms with Crippen LogP contribution in [0.4, 0.5) is 10.1 Å². The Kier molecular flexibility index (Phi) is 6.57. The molecule has 166 valence electrons. The molecule has 4 rings (SSSR count). The van der Waals surface area contributed by atoms with Gasteiger partial charge in [-0.2, -0.15) is 0 Å². The van der Waals surface area contributed by atoms with Gasteiger partial charge >= 0.3 is 0 Å². The fourth-order valence-electron chi connectivity index (χ4n) is 4.15. The molecule has 1 aliphatic heterocycles. The Hall–Kier alpha value is -2.46. The normalized spacial score (nSPS) is 24.2. The summed E-state index contributed by atoms with van der Waals surface area (Å²) in [5, 5.41) is 18.5. The van der Waals surface area contributed by atoms with Crippen LogP contribution in [0.25, 0.3) is 0 Å². The van der Waals surface area contributed by atoms with E-state index in [0.717, 1.165) is 25.7 Å². The number of amides is 2. The summed E-state index contributed by atoms with van der Waals surface area (Å²) in [4.78, 5) is 24.8. The lowest BCUT2D eigenvalue weighted by Crippen LogP contribution is -2.64. The van der Waals surface area contributed by atoms with Crippen LogP contribution in [-0.2, 0) is 23.1 Å². The standard InChI is InChI=1S/C21H27FN6O2S/c1-12(19-24-16-6-4-3-5-15(16)20(30)25-19)31-21-27-26-17(28(21)2)11-18(29)23-14-9-7-13(22)8-10-14/h7-10,12,15-16,19,24H,3-6,11H2,1-2H3,(H,23,29)(H,25,30). The van der Waals surface area contributed by atoms with Gasteiger partial charge in [0.25, 0.3) is 0 Å². The van der Waals surface area contributed by atoms with Crippen molar-refractivity contribution in [2.45, 2.75) is 61.6 Å². The summed E-state index contributed by atoms with van der Waals surface area (Å²) in [5.74, 6) is 0.128. The number of rotatable bonds is 6. The molecule has 0 bridgehead atoms. The van der Waals surface area contributed by atoms with Gasteiger partial charge in [0.1, 0.15) is 11.6 Å². The van der Waals surface area contributed by atoms with Crippen LogP contribution in [0.2, 0.25) is 0 Å². The second-order valence-corrected chi connectivity index (χ2v) is 9.51. The zero-order chi connectivity index (χ0) is 22.0. The van der Waals surface area contributed by atoms with Crippen LogP contribution in [-0.4, -0.2) is 44.0 Å². The Labute approximate surface area is 184 Å². The molecule has 4 unspecified atom stereocenters. The van der Waals surface area contributed by atoms with Gasteiger partial charge in [0.05, 0.1) is 18.5 Å². The monoisotopic (exact) mass is 446 g/mol. The lowest BCUT2D eigenvalue weighted by Gasteiger charge is -2.41. The molecule has 10 heteroatoms. The summed E-state index contributed by atoms with van der Waals surface area (Å²) in [5.41, 5.74) is 0.525. The predicted molar refractivity (Wildman–Crippen MR) is 116 cm³/mol. The van der Waals surface area contributed by atoms with Crippen molar-refractivity contribution in [3.8, 4) is 0 Å². The van der Waals surface area contributed by atoms with Gasteiger partial charge in [-0.1, -0.05) is 24.6 Å². The van der Waals surface area contributed by atoms with E-state index in [1.165, 1.54) is 36.0 Å². The van der Waals surface area contributed by atoms with E-state index in [1.54, 1.807) is 4.57 Å². The first-order valence-corrected chi connectivity index (χ1v) is 11.5. The van der Waals surface area contributed by atoms with Gasteiger partial charge in [-0.3, -0.25) is 14.9 Å². The van der Waals surface area contributed by atoms with Crippen LogP contribution >= 0.6 is 11.8 Å². The first kappa shape index (κ1) is 21.8. The molecule has 1 aromatic heterocycles. The van der Waals surface area contributed by atoms with Gasteiger partial charge < -0.3 is 15.2 Å². The highest BCUT2D eigenvalue weighted by atomic mass is 32.2. The minimum atomic E-state index is -0.357. The van der Waals surface area contributed by atoms with Crippen LogP contribution in [0.5, 0.6) is 0 Å². The third-order valence-corrected chi connectivity index (χ3v) is 7.14. The third-order valence-electron chi connectivity index (χ3n) is 5.93. The molecule has 3 N–H and O–H groups in total. The SMILES string of the molecule is CC(Sc1nnc(CC(=O)Nc2ccc(F)cc2)n1C)C1NC(=O)C2CCCCC2N1. The zero-order valence-corrected chi connectivity index (χ0v) is 18.4. The number of aromatic nitrogens is 3. The topological polar surface area (TPSA) is 101 Å². The van der Waals surface area contributed by atoms with E-state index in [-0.39, 0.29) is 47.4 Å². The van der Waals surface area contributed by atoms with E-state index >= 15 is 0 Å².